The number of benzene rings is 1. The second-order valence-corrected chi connectivity index (χ2v) is 7.12. The lowest BCUT2D eigenvalue weighted by Crippen LogP contribution is -2.57. The number of halogens is 1. The van der Waals surface area contributed by atoms with Crippen LogP contribution in [0.5, 0.6) is 11.5 Å². The van der Waals surface area contributed by atoms with E-state index in [9.17, 15) is 4.79 Å². The lowest BCUT2D eigenvalue weighted by atomic mass is 9.84. The van der Waals surface area contributed by atoms with Crippen LogP contribution in [-0.2, 0) is 0 Å². The molecular formula is C19H20ClN3O2. The number of amides is 1. The summed E-state index contributed by atoms with van der Waals surface area (Å²) >= 11 is 5.90. The van der Waals surface area contributed by atoms with Crippen LogP contribution >= 0.6 is 11.6 Å². The number of carbonyl (C=O) groups is 1. The van der Waals surface area contributed by atoms with Crippen LogP contribution in [0.4, 0.5) is 0 Å². The second kappa shape index (κ2) is 7.02. The molecule has 1 N–H and O–H groups in total. The summed E-state index contributed by atoms with van der Waals surface area (Å²) in [6.45, 7) is 3.31. The Morgan fingerprint density at radius 1 is 1.16 bits per heavy atom. The van der Waals surface area contributed by atoms with Gasteiger partial charge in [0.2, 0.25) is 0 Å². The molecule has 1 aromatic heterocycles. The summed E-state index contributed by atoms with van der Waals surface area (Å²) < 4.78 is 5.70. The van der Waals surface area contributed by atoms with Crippen LogP contribution in [-0.4, -0.2) is 41.5 Å². The quantitative estimate of drug-likeness (QED) is 0.911. The molecule has 1 amide bonds. The molecule has 5 rings (SSSR count). The van der Waals surface area contributed by atoms with Crippen molar-refractivity contribution < 1.29 is 9.53 Å². The zero-order chi connectivity index (χ0) is 17.2. The predicted molar refractivity (Wildman–Crippen MR) is 96.2 cm³/mol. The van der Waals surface area contributed by atoms with E-state index in [0.29, 0.717) is 28.0 Å². The van der Waals surface area contributed by atoms with Gasteiger partial charge in [0.25, 0.3) is 5.91 Å². The maximum atomic E-state index is 12.5. The van der Waals surface area contributed by atoms with Gasteiger partial charge in [-0.25, -0.2) is 0 Å². The number of fused-ring (bicyclic) bond motifs is 3. The molecule has 3 saturated heterocycles. The van der Waals surface area contributed by atoms with E-state index >= 15 is 0 Å². The van der Waals surface area contributed by atoms with E-state index < -0.39 is 0 Å². The molecule has 5 nitrogen and oxygen atoms in total. The normalized spacial score (nSPS) is 24.8. The topological polar surface area (TPSA) is 54.5 Å². The zero-order valence-corrected chi connectivity index (χ0v) is 14.6. The van der Waals surface area contributed by atoms with Crippen LogP contribution in [0.1, 0.15) is 23.2 Å². The Morgan fingerprint density at radius 2 is 1.92 bits per heavy atom. The molecule has 3 aliphatic rings. The largest absolute Gasteiger partial charge is 0.456 e. The van der Waals surface area contributed by atoms with E-state index in [1.54, 1.807) is 42.7 Å². The summed E-state index contributed by atoms with van der Waals surface area (Å²) in [5, 5.41) is 3.71. The van der Waals surface area contributed by atoms with Crippen LogP contribution < -0.4 is 10.1 Å². The minimum Gasteiger partial charge on any atom is -0.456 e. The van der Waals surface area contributed by atoms with Gasteiger partial charge in [0, 0.05) is 30.4 Å². The van der Waals surface area contributed by atoms with Crippen molar-refractivity contribution in [1.82, 2.24) is 15.2 Å². The van der Waals surface area contributed by atoms with Crippen LogP contribution in [0.3, 0.4) is 0 Å². The van der Waals surface area contributed by atoms with Gasteiger partial charge < -0.3 is 15.0 Å². The number of pyridine rings is 1. The highest BCUT2D eigenvalue weighted by Crippen LogP contribution is 2.28. The highest BCUT2D eigenvalue weighted by Gasteiger charge is 2.34. The van der Waals surface area contributed by atoms with Crippen molar-refractivity contribution in [2.75, 3.05) is 19.6 Å². The van der Waals surface area contributed by atoms with Gasteiger partial charge in [0.05, 0.1) is 11.2 Å². The first-order valence-corrected chi connectivity index (χ1v) is 8.97. The molecule has 0 radical (unpaired) electrons. The summed E-state index contributed by atoms with van der Waals surface area (Å²) in [5.41, 5.74) is 0.646. The number of hydrogen-bond donors (Lipinski definition) is 1. The molecule has 0 saturated carbocycles. The van der Waals surface area contributed by atoms with Crippen molar-refractivity contribution in [3.8, 4) is 11.5 Å². The number of aromatic nitrogens is 1. The van der Waals surface area contributed by atoms with E-state index in [4.69, 9.17) is 16.3 Å². The average Bonchev–Trinajstić information content (AvgIpc) is 2.63. The highest BCUT2D eigenvalue weighted by atomic mass is 35.5. The third-order valence-electron chi connectivity index (χ3n) is 5.00. The van der Waals surface area contributed by atoms with Gasteiger partial charge in [-0.3, -0.25) is 9.78 Å². The number of nitrogens with one attached hydrogen (secondary N) is 1. The van der Waals surface area contributed by atoms with Gasteiger partial charge in [-0.1, -0.05) is 11.6 Å². The molecule has 0 aliphatic carbocycles. The molecule has 2 aromatic rings. The van der Waals surface area contributed by atoms with Crippen molar-refractivity contribution in [2.45, 2.75) is 18.9 Å². The SMILES string of the molecule is O=C(N[C@H]1CN2CCC1CC2)c1ccc(Oc2cncc(Cl)c2)cc1. The molecule has 0 spiro atoms. The van der Waals surface area contributed by atoms with Gasteiger partial charge >= 0.3 is 0 Å². The number of rotatable bonds is 4. The molecule has 1 aromatic carbocycles. The minimum atomic E-state index is -0.0188. The average molecular weight is 358 g/mol. The molecular weight excluding hydrogens is 338 g/mol. The standard InChI is InChI=1S/C19H20ClN3O2/c20-15-9-17(11-21-10-15)25-16-3-1-14(2-4-16)19(24)22-18-12-23-7-5-13(18)6-8-23/h1-4,9-11,13,18H,5-8,12H2,(H,22,24)/t18-/m0/s1. The number of nitrogens with zero attached hydrogens (tertiary/aromatic N) is 2. The maximum absolute atomic E-state index is 12.5. The van der Waals surface area contributed by atoms with Gasteiger partial charge in [0.15, 0.2) is 0 Å². The zero-order valence-electron chi connectivity index (χ0n) is 13.8. The molecule has 3 fully saturated rings. The third-order valence-corrected chi connectivity index (χ3v) is 5.21. The van der Waals surface area contributed by atoms with Crippen molar-refractivity contribution in [2.24, 2.45) is 5.92 Å². The number of carbonyl (C=O) groups excluding carboxylic acids is 1. The number of hydrogen-bond acceptors (Lipinski definition) is 4. The van der Waals surface area contributed by atoms with Gasteiger partial charge in [0.1, 0.15) is 11.5 Å². The Labute approximate surface area is 152 Å². The second-order valence-electron chi connectivity index (χ2n) is 6.68. The Morgan fingerprint density at radius 3 is 2.56 bits per heavy atom. The van der Waals surface area contributed by atoms with Crippen LogP contribution in [0, 0.1) is 5.92 Å². The van der Waals surface area contributed by atoms with Crippen LogP contribution in [0.2, 0.25) is 5.02 Å². The summed E-state index contributed by atoms with van der Waals surface area (Å²) in [5.74, 6) is 1.81. The minimum absolute atomic E-state index is 0.0188. The fourth-order valence-electron chi connectivity index (χ4n) is 3.64. The van der Waals surface area contributed by atoms with Crippen LogP contribution in [0.25, 0.3) is 0 Å². The van der Waals surface area contributed by atoms with Gasteiger partial charge in [-0.2, -0.15) is 0 Å². The fourth-order valence-corrected chi connectivity index (χ4v) is 3.80. The monoisotopic (exact) mass is 357 g/mol. The summed E-state index contributed by atoms with van der Waals surface area (Å²) in [6.07, 6.45) is 5.52. The van der Waals surface area contributed by atoms with Crippen molar-refractivity contribution in [3.05, 3.63) is 53.3 Å². The molecule has 4 heterocycles. The Bertz CT molecular complexity index is 758. The molecule has 6 heteroatoms. The predicted octanol–water partition coefficient (Wildman–Crippen LogP) is 3.35. The molecule has 2 bridgehead atoms. The van der Waals surface area contributed by atoms with E-state index in [1.807, 2.05) is 0 Å². The number of ether oxygens (including phenoxy) is 1. The van der Waals surface area contributed by atoms with Crippen molar-refractivity contribution in [3.63, 3.8) is 0 Å². The smallest absolute Gasteiger partial charge is 0.251 e. The first-order chi connectivity index (χ1) is 12.2. The Balaban J connectivity index is 1.39. The maximum Gasteiger partial charge on any atom is 0.251 e. The van der Waals surface area contributed by atoms with E-state index in [1.165, 1.54) is 25.9 Å². The molecule has 3 aliphatic heterocycles. The van der Waals surface area contributed by atoms with E-state index in [-0.39, 0.29) is 11.9 Å². The Hall–Kier alpha value is -2.11. The molecule has 25 heavy (non-hydrogen) atoms. The lowest BCUT2D eigenvalue weighted by molar-refractivity contribution is 0.0620. The van der Waals surface area contributed by atoms with Gasteiger partial charge in [-0.05, 0) is 56.1 Å². The lowest BCUT2D eigenvalue weighted by Gasteiger charge is -2.44. The summed E-state index contributed by atoms with van der Waals surface area (Å²) in [6, 6.07) is 9.10. The van der Waals surface area contributed by atoms with Crippen LogP contribution in [0.15, 0.2) is 42.7 Å². The van der Waals surface area contributed by atoms with Crippen molar-refractivity contribution in [1.29, 1.82) is 0 Å². The van der Waals surface area contributed by atoms with E-state index in [2.05, 4.69) is 15.2 Å². The summed E-state index contributed by atoms with van der Waals surface area (Å²) in [4.78, 5) is 18.9. The highest BCUT2D eigenvalue weighted by molar-refractivity contribution is 6.30. The first kappa shape index (κ1) is 16.4. The van der Waals surface area contributed by atoms with E-state index in [0.717, 1.165) is 6.54 Å². The summed E-state index contributed by atoms with van der Waals surface area (Å²) in [7, 11) is 0. The first-order valence-electron chi connectivity index (χ1n) is 8.59. The molecule has 0 unspecified atom stereocenters. The molecule has 130 valence electrons. The third kappa shape index (κ3) is 3.78. The Kier molecular flexibility index (Phi) is 4.59. The van der Waals surface area contributed by atoms with Crippen molar-refractivity contribution >= 4 is 17.5 Å². The fraction of sp³-hybridized carbons (Fsp3) is 0.368. The van der Waals surface area contributed by atoms with Gasteiger partial charge in [-0.15, -0.1) is 0 Å². The molecule has 1 atom stereocenters. The number of piperidine rings is 3.